The summed E-state index contributed by atoms with van der Waals surface area (Å²) < 4.78 is 6.12. The number of carbonyl (C=O) groups excluding carboxylic acids is 1. The number of hydrogen-bond donors (Lipinski definition) is 2. The van der Waals surface area contributed by atoms with Gasteiger partial charge >= 0.3 is 0 Å². The molecule has 0 bridgehead atoms. The third-order valence-corrected chi connectivity index (χ3v) is 3.87. The van der Waals surface area contributed by atoms with Crippen molar-refractivity contribution < 1.29 is 9.53 Å². The molecule has 0 saturated heterocycles. The summed E-state index contributed by atoms with van der Waals surface area (Å²) in [4.78, 5) is 11.9. The average Bonchev–Trinajstić information content (AvgIpc) is 2.49. The van der Waals surface area contributed by atoms with Crippen LogP contribution in [0, 0.1) is 6.92 Å². The molecule has 0 aliphatic heterocycles. The lowest BCUT2D eigenvalue weighted by Crippen LogP contribution is -2.21. The molecule has 0 unspecified atom stereocenters. The highest BCUT2D eigenvalue weighted by Gasteiger charge is 2.03. The Balaban J connectivity index is 1.87. The van der Waals surface area contributed by atoms with Crippen LogP contribution in [0.2, 0.25) is 0 Å². The van der Waals surface area contributed by atoms with E-state index in [4.69, 9.17) is 4.74 Å². The van der Waals surface area contributed by atoms with Gasteiger partial charge in [0.1, 0.15) is 5.75 Å². The summed E-state index contributed by atoms with van der Waals surface area (Å²) in [7, 11) is 1.61. The predicted molar refractivity (Wildman–Crippen MR) is 89.0 cm³/mol. The molecule has 2 N–H and O–H groups in total. The maximum absolute atomic E-state index is 11.9. The number of methoxy groups -OCH3 is 1. The normalized spacial score (nSPS) is 10.0. The zero-order valence-corrected chi connectivity index (χ0v) is 13.5. The van der Waals surface area contributed by atoms with Gasteiger partial charge in [0.2, 0.25) is 5.91 Å². The van der Waals surface area contributed by atoms with Crippen molar-refractivity contribution in [3.05, 3.63) is 52.5 Å². The number of aryl methyl sites for hydroxylation is 1. The van der Waals surface area contributed by atoms with Crippen LogP contribution >= 0.6 is 15.9 Å². The van der Waals surface area contributed by atoms with E-state index in [1.807, 2.05) is 25.1 Å². The number of rotatable bonds is 5. The lowest BCUT2D eigenvalue weighted by atomic mass is 10.2. The summed E-state index contributed by atoms with van der Waals surface area (Å²) in [5, 5.41) is 5.92. The summed E-state index contributed by atoms with van der Waals surface area (Å²) in [6, 6.07) is 13.1. The first-order valence-corrected chi connectivity index (χ1v) is 7.31. The second kappa shape index (κ2) is 7.13. The predicted octanol–water partition coefficient (Wildman–Crippen LogP) is 3.82. The number of ether oxygens (including phenoxy) is 1. The van der Waals surface area contributed by atoms with E-state index in [0.29, 0.717) is 0 Å². The molecular formula is C16H17BrN2O2. The van der Waals surface area contributed by atoms with Crippen molar-refractivity contribution in [1.82, 2.24) is 0 Å². The molecule has 0 radical (unpaired) electrons. The van der Waals surface area contributed by atoms with Crippen LogP contribution in [0.5, 0.6) is 5.75 Å². The Hall–Kier alpha value is -2.01. The number of nitrogens with one attached hydrogen (secondary N) is 2. The maximum Gasteiger partial charge on any atom is 0.243 e. The summed E-state index contributed by atoms with van der Waals surface area (Å²) in [5.41, 5.74) is 2.78. The van der Waals surface area contributed by atoms with Crippen LogP contribution in [0.4, 0.5) is 11.4 Å². The maximum atomic E-state index is 11.9. The number of hydrogen-bond acceptors (Lipinski definition) is 3. The molecule has 2 aromatic carbocycles. The fourth-order valence-electron chi connectivity index (χ4n) is 1.82. The number of amides is 1. The Bertz CT molecular complexity index is 627. The topological polar surface area (TPSA) is 50.4 Å². The lowest BCUT2D eigenvalue weighted by Gasteiger charge is -2.09. The standard InChI is InChI=1S/C16H17BrN2O2/c1-11-9-13(5-8-15(11)17)18-10-16(20)19-12-3-6-14(21-2)7-4-12/h3-9,18H,10H2,1-2H3,(H,19,20). The fourth-order valence-corrected chi connectivity index (χ4v) is 2.06. The Morgan fingerprint density at radius 3 is 2.43 bits per heavy atom. The van der Waals surface area contributed by atoms with E-state index >= 15 is 0 Å². The molecule has 0 aliphatic carbocycles. The van der Waals surface area contributed by atoms with Gasteiger partial charge in [-0.05, 0) is 55.0 Å². The van der Waals surface area contributed by atoms with Crippen molar-refractivity contribution in [2.75, 3.05) is 24.3 Å². The minimum Gasteiger partial charge on any atom is -0.497 e. The van der Waals surface area contributed by atoms with Gasteiger partial charge in [-0.1, -0.05) is 15.9 Å². The third kappa shape index (κ3) is 4.49. The average molecular weight is 349 g/mol. The Morgan fingerprint density at radius 2 is 1.81 bits per heavy atom. The molecule has 2 rings (SSSR count). The van der Waals surface area contributed by atoms with Gasteiger partial charge in [0.15, 0.2) is 0 Å². The van der Waals surface area contributed by atoms with Crippen molar-refractivity contribution in [3.8, 4) is 5.75 Å². The zero-order valence-electron chi connectivity index (χ0n) is 11.9. The van der Waals surface area contributed by atoms with E-state index < -0.39 is 0 Å². The van der Waals surface area contributed by atoms with Gasteiger partial charge in [-0.2, -0.15) is 0 Å². The van der Waals surface area contributed by atoms with Gasteiger partial charge in [-0.3, -0.25) is 4.79 Å². The van der Waals surface area contributed by atoms with Gasteiger partial charge in [-0.15, -0.1) is 0 Å². The Morgan fingerprint density at radius 1 is 1.14 bits per heavy atom. The highest BCUT2D eigenvalue weighted by atomic mass is 79.9. The fraction of sp³-hybridized carbons (Fsp3) is 0.188. The molecule has 0 heterocycles. The van der Waals surface area contributed by atoms with E-state index in [1.165, 1.54) is 0 Å². The van der Waals surface area contributed by atoms with E-state index in [9.17, 15) is 4.79 Å². The molecule has 1 amide bonds. The van der Waals surface area contributed by atoms with Gasteiger partial charge < -0.3 is 15.4 Å². The van der Waals surface area contributed by atoms with E-state index in [0.717, 1.165) is 27.2 Å². The van der Waals surface area contributed by atoms with Crippen molar-refractivity contribution in [3.63, 3.8) is 0 Å². The number of anilines is 2. The van der Waals surface area contributed by atoms with Gasteiger partial charge in [-0.25, -0.2) is 0 Å². The van der Waals surface area contributed by atoms with Crippen LogP contribution in [0.15, 0.2) is 46.9 Å². The van der Waals surface area contributed by atoms with Crippen LogP contribution in [0.1, 0.15) is 5.56 Å². The van der Waals surface area contributed by atoms with Crippen LogP contribution in [-0.4, -0.2) is 19.6 Å². The Kier molecular flexibility index (Phi) is 5.22. The third-order valence-electron chi connectivity index (χ3n) is 2.98. The van der Waals surface area contributed by atoms with Crippen LogP contribution in [-0.2, 0) is 4.79 Å². The van der Waals surface area contributed by atoms with E-state index in [-0.39, 0.29) is 12.5 Å². The molecule has 21 heavy (non-hydrogen) atoms. The zero-order chi connectivity index (χ0) is 15.2. The number of carbonyl (C=O) groups is 1. The first-order chi connectivity index (χ1) is 10.1. The molecule has 0 aliphatic rings. The highest BCUT2D eigenvalue weighted by molar-refractivity contribution is 9.10. The second-order valence-corrected chi connectivity index (χ2v) is 5.45. The summed E-state index contributed by atoms with van der Waals surface area (Å²) >= 11 is 3.45. The molecule has 0 spiro atoms. The van der Waals surface area contributed by atoms with Crippen LogP contribution in [0.25, 0.3) is 0 Å². The SMILES string of the molecule is COc1ccc(NC(=O)CNc2ccc(Br)c(C)c2)cc1. The van der Waals surface area contributed by atoms with Gasteiger partial charge in [0.25, 0.3) is 0 Å². The first-order valence-electron chi connectivity index (χ1n) is 6.52. The van der Waals surface area contributed by atoms with Crippen molar-refractivity contribution >= 4 is 33.2 Å². The monoisotopic (exact) mass is 348 g/mol. The second-order valence-electron chi connectivity index (χ2n) is 4.59. The molecule has 2 aromatic rings. The lowest BCUT2D eigenvalue weighted by molar-refractivity contribution is -0.114. The van der Waals surface area contributed by atoms with Crippen LogP contribution < -0.4 is 15.4 Å². The van der Waals surface area contributed by atoms with E-state index in [1.54, 1.807) is 31.4 Å². The molecule has 0 atom stereocenters. The largest absolute Gasteiger partial charge is 0.497 e. The molecule has 5 heteroatoms. The van der Waals surface area contributed by atoms with E-state index in [2.05, 4.69) is 26.6 Å². The van der Waals surface area contributed by atoms with Crippen LogP contribution in [0.3, 0.4) is 0 Å². The molecule has 110 valence electrons. The molecule has 0 fully saturated rings. The number of halogens is 1. The minimum atomic E-state index is -0.0965. The minimum absolute atomic E-state index is 0.0965. The van der Waals surface area contributed by atoms with Crippen molar-refractivity contribution in [2.24, 2.45) is 0 Å². The quantitative estimate of drug-likeness (QED) is 0.863. The smallest absolute Gasteiger partial charge is 0.243 e. The first kappa shape index (κ1) is 15.4. The van der Waals surface area contributed by atoms with Gasteiger partial charge in [0.05, 0.1) is 13.7 Å². The summed E-state index contributed by atoms with van der Waals surface area (Å²) in [5.74, 6) is 0.664. The molecule has 0 aromatic heterocycles. The van der Waals surface area contributed by atoms with Crippen molar-refractivity contribution in [1.29, 1.82) is 0 Å². The Labute approximate surface area is 132 Å². The number of benzene rings is 2. The highest BCUT2D eigenvalue weighted by Crippen LogP contribution is 2.20. The molecule has 0 saturated carbocycles. The van der Waals surface area contributed by atoms with Crippen molar-refractivity contribution in [2.45, 2.75) is 6.92 Å². The summed E-state index contributed by atoms with van der Waals surface area (Å²) in [6.45, 7) is 2.22. The summed E-state index contributed by atoms with van der Waals surface area (Å²) in [6.07, 6.45) is 0. The van der Waals surface area contributed by atoms with Gasteiger partial charge in [0, 0.05) is 15.8 Å². The molecular weight excluding hydrogens is 332 g/mol. The molecule has 4 nitrogen and oxygen atoms in total.